The fraction of sp³-hybridized carbons (Fsp3) is 0.857. The number of carbonyl (C=O) groups excluding carboxylic acids is 1. The highest BCUT2D eigenvalue weighted by molar-refractivity contribution is 5.84. The van der Waals surface area contributed by atoms with Crippen LogP contribution in [0.4, 0.5) is 0 Å². The molecule has 1 saturated heterocycles. The van der Waals surface area contributed by atoms with Crippen LogP contribution in [0.5, 0.6) is 0 Å². The maximum absolute atomic E-state index is 10.5. The maximum atomic E-state index is 10.5. The zero-order valence-electron chi connectivity index (χ0n) is 6.19. The van der Waals surface area contributed by atoms with Crippen LogP contribution in [0.1, 0.15) is 27.2 Å². The Morgan fingerprint density at radius 2 is 2.11 bits per heavy atom. The Morgan fingerprint density at radius 3 is 2.22 bits per heavy atom. The van der Waals surface area contributed by atoms with Crippen LogP contribution in [0.2, 0.25) is 0 Å². The lowest BCUT2D eigenvalue weighted by Gasteiger charge is -2.42. The fourth-order valence-corrected chi connectivity index (χ4v) is 0.982. The zero-order valence-corrected chi connectivity index (χ0v) is 6.19. The second-order valence-corrected chi connectivity index (χ2v) is 3.30. The minimum Gasteiger partial charge on any atom is -0.350 e. The van der Waals surface area contributed by atoms with Gasteiger partial charge in [-0.15, -0.1) is 0 Å². The van der Waals surface area contributed by atoms with Gasteiger partial charge >= 0.3 is 0 Å². The maximum Gasteiger partial charge on any atom is 0.222 e. The van der Waals surface area contributed by atoms with Gasteiger partial charge in [-0.2, -0.15) is 0 Å². The molecule has 2 heteroatoms. The third-order valence-corrected chi connectivity index (χ3v) is 2.23. The van der Waals surface area contributed by atoms with Gasteiger partial charge < -0.3 is 5.32 Å². The van der Waals surface area contributed by atoms with E-state index in [9.17, 15) is 4.79 Å². The average Bonchev–Trinajstić information content (AvgIpc) is 1.62. The first-order valence-electron chi connectivity index (χ1n) is 3.35. The van der Waals surface area contributed by atoms with Crippen molar-refractivity contribution in [1.82, 2.24) is 5.32 Å². The standard InChI is InChI=1S/C7H13NO/c1-5(2)7(3)4-6(9)8-7/h5H,4H2,1-3H3,(H,8,9). The number of nitrogens with one attached hydrogen (secondary N) is 1. The minimum atomic E-state index is 0.0943. The molecule has 1 aliphatic rings. The monoisotopic (exact) mass is 127 g/mol. The number of β-lactam (4-membered cyclic amide) rings is 1. The van der Waals surface area contributed by atoms with Crippen molar-refractivity contribution in [1.29, 1.82) is 0 Å². The molecule has 2 nitrogen and oxygen atoms in total. The summed E-state index contributed by atoms with van der Waals surface area (Å²) in [6.07, 6.45) is 0.699. The lowest BCUT2D eigenvalue weighted by atomic mass is 9.79. The molecule has 52 valence electrons. The molecule has 1 fully saturated rings. The molecule has 1 aliphatic heterocycles. The lowest BCUT2D eigenvalue weighted by molar-refractivity contribution is -0.133. The van der Waals surface area contributed by atoms with Crippen LogP contribution in [-0.4, -0.2) is 11.4 Å². The van der Waals surface area contributed by atoms with Crippen molar-refractivity contribution < 1.29 is 4.79 Å². The zero-order chi connectivity index (χ0) is 7.07. The summed E-state index contributed by atoms with van der Waals surface area (Å²) >= 11 is 0. The molecule has 1 rings (SSSR count). The van der Waals surface area contributed by atoms with Gasteiger partial charge in [0.25, 0.3) is 0 Å². The van der Waals surface area contributed by atoms with Gasteiger partial charge in [-0.3, -0.25) is 4.79 Å². The van der Waals surface area contributed by atoms with Crippen molar-refractivity contribution in [3.05, 3.63) is 0 Å². The molecule has 0 aliphatic carbocycles. The van der Waals surface area contributed by atoms with Gasteiger partial charge in [0.15, 0.2) is 0 Å². The van der Waals surface area contributed by atoms with Crippen molar-refractivity contribution in [3.8, 4) is 0 Å². The molecule has 0 radical (unpaired) electrons. The van der Waals surface area contributed by atoms with Crippen molar-refractivity contribution in [2.24, 2.45) is 5.92 Å². The molecule has 0 saturated carbocycles. The Balaban J connectivity index is 2.49. The Labute approximate surface area is 55.6 Å². The molecular formula is C7H13NO. The number of hydrogen-bond acceptors (Lipinski definition) is 1. The summed E-state index contributed by atoms with van der Waals surface area (Å²) in [5.74, 6) is 0.737. The Bertz CT molecular complexity index is 132. The van der Waals surface area contributed by atoms with E-state index in [0.29, 0.717) is 12.3 Å². The molecule has 0 spiro atoms. The van der Waals surface area contributed by atoms with Gasteiger partial charge in [0.1, 0.15) is 0 Å². The fourth-order valence-electron chi connectivity index (χ4n) is 0.982. The first kappa shape index (κ1) is 6.59. The lowest BCUT2D eigenvalue weighted by Crippen LogP contribution is -2.61. The average molecular weight is 127 g/mol. The summed E-state index contributed by atoms with van der Waals surface area (Å²) in [6.45, 7) is 6.33. The van der Waals surface area contributed by atoms with E-state index in [0.717, 1.165) is 0 Å². The number of hydrogen-bond donors (Lipinski definition) is 1. The number of amides is 1. The van der Waals surface area contributed by atoms with E-state index >= 15 is 0 Å². The van der Waals surface area contributed by atoms with Gasteiger partial charge in [0, 0.05) is 12.0 Å². The third-order valence-electron chi connectivity index (χ3n) is 2.23. The summed E-state index contributed by atoms with van der Waals surface area (Å²) in [6, 6.07) is 0. The van der Waals surface area contributed by atoms with Crippen LogP contribution in [0.3, 0.4) is 0 Å². The van der Waals surface area contributed by atoms with Crippen LogP contribution in [0.15, 0.2) is 0 Å². The summed E-state index contributed by atoms with van der Waals surface area (Å²) in [5.41, 5.74) is 0.0943. The minimum absolute atomic E-state index is 0.0943. The van der Waals surface area contributed by atoms with Crippen molar-refractivity contribution >= 4 is 5.91 Å². The summed E-state index contributed by atoms with van der Waals surface area (Å²) < 4.78 is 0. The summed E-state index contributed by atoms with van der Waals surface area (Å²) in [7, 11) is 0. The van der Waals surface area contributed by atoms with Gasteiger partial charge in [-0.05, 0) is 12.8 Å². The molecule has 1 atom stereocenters. The van der Waals surface area contributed by atoms with Gasteiger partial charge in [0.2, 0.25) is 5.91 Å². The van der Waals surface area contributed by atoms with E-state index in [2.05, 4.69) is 26.1 Å². The topological polar surface area (TPSA) is 29.1 Å². The summed E-state index contributed by atoms with van der Waals surface area (Å²) in [5, 5.41) is 2.88. The molecule has 0 aromatic heterocycles. The Morgan fingerprint density at radius 1 is 1.67 bits per heavy atom. The smallest absolute Gasteiger partial charge is 0.222 e. The van der Waals surface area contributed by atoms with Gasteiger partial charge in [-0.25, -0.2) is 0 Å². The Hall–Kier alpha value is -0.530. The SMILES string of the molecule is CC(C)C1(C)CC(=O)N1. The number of rotatable bonds is 1. The van der Waals surface area contributed by atoms with E-state index in [4.69, 9.17) is 0 Å². The molecule has 0 aromatic carbocycles. The van der Waals surface area contributed by atoms with Crippen LogP contribution in [0.25, 0.3) is 0 Å². The van der Waals surface area contributed by atoms with Crippen molar-refractivity contribution in [2.75, 3.05) is 0 Å². The van der Waals surface area contributed by atoms with E-state index < -0.39 is 0 Å². The molecule has 1 N–H and O–H groups in total. The number of carbonyl (C=O) groups is 1. The molecule has 0 bridgehead atoms. The van der Waals surface area contributed by atoms with E-state index in [-0.39, 0.29) is 11.4 Å². The molecular weight excluding hydrogens is 114 g/mol. The Kier molecular flexibility index (Phi) is 1.26. The van der Waals surface area contributed by atoms with Gasteiger partial charge in [0.05, 0.1) is 0 Å². The predicted molar refractivity (Wildman–Crippen MR) is 36.0 cm³/mol. The molecule has 0 aromatic rings. The summed E-state index contributed by atoms with van der Waals surface area (Å²) in [4.78, 5) is 10.5. The van der Waals surface area contributed by atoms with Crippen LogP contribution >= 0.6 is 0 Å². The highest BCUT2D eigenvalue weighted by Crippen LogP contribution is 2.27. The first-order valence-corrected chi connectivity index (χ1v) is 3.35. The molecule has 1 amide bonds. The van der Waals surface area contributed by atoms with Crippen LogP contribution < -0.4 is 5.32 Å². The van der Waals surface area contributed by atoms with E-state index in [1.54, 1.807) is 0 Å². The van der Waals surface area contributed by atoms with Crippen LogP contribution in [-0.2, 0) is 4.79 Å². The largest absolute Gasteiger partial charge is 0.350 e. The van der Waals surface area contributed by atoms with Gasteiger partial charge in [-0.1, -0.05) is 13.8 Å². The van der Waals surface area contributed by atoms with E-state index in [1.165, 1.54) is 0 Å². The first-order chi connectivity index (χ1) is 4.04. The third kappa shape index (κ3) is 0.934. The highest BCUT2D eigenvalue weighted by atomic mass is 16.2. The van der Waals surface area contributed by atoms with Crippen molar-refractivity contribution in [3.63, 3.8) is 0 Å². The van der Waals surface area contributed by atoms with E-state index in [1.807, 2.05) is 0 Å². The molecule has 1 heterocycles. The second kappa shape index (κ2) is 1.72. The quantitative estimate of drug-likeness (QED) is 0.521. The predicted octanol–water partition coefficient (Wildman–Crippen LogP) is 0.921. The van der Waals surface area contributed by atoms with Crippen LogP contribution in [0, 0.1) is 5.92 Å². The van der Waals surface area contributed by atoms with Crippen molar-refractivity contribution in [2.45, 2.75) is 32.7 Å². The molecule has 9 heavy (non-hydrogen) atoms. The normalized spacial score (nSPS) is 34.0. The highest BCUT2D eigenvalue weighted by Gasteiger charge is 2.40. The second-order valence-electron chi connectivity index (χ2n) is 3.30. The molecule has 1 unspecified atom stereocenters.